The molecular formula is C9H10IN3. The summed E-state index contributed by atoms with van der Waals surface area (Å²) in [6.07, 6.45) is 0. The van der Waals surface area contributed by atoms with Crippen molar-refractivity contribution in [2.75, 3.05) is 18.4 Å². The largest absolute Gasteiger partial charge is 0.354 e. The van der Waals surface area contributed by atoms with E-state index in [2.05, 4.69) is 44.3 Å². The van der Waals surface area contributed by atoms with Crippen LogP contribution in [0.25, 0.3) is 0 Å². The molecule has 3 nitrogen and oxygen atoms in total. The molecule has 0 saturated carbocycles. The highest BCUT2D eigenvalue weighted by Crippen LogP contribution is 2.16. The molecule has 0 spiro atoms. The third-order valence-corrected chi connectivity index (χ3v) is 2.74. The minimum absolute atomic E-state index is 0.867. The molecule has 1 aliphatic heterocycles. The van der Waals surface area contributed by atoms with E-state index in [9.17, 15) is 0 Å². The Morgan fingerprint density at radius 3 is 2.92 bits per heavy atom. The van der Waals surface area contributed by atoms with Crippen LogP contribution in [0, 0.1) is 3.57 Å². The maximum Gasteiger partial charge on any atom is 0.195 e. The summed E-state index contributed by atoms with van der Waals surface area (Å²) in [5.74, 6) is 0.879. The number of hydrogen-bond donors (Lipinski definition) is 2. The van der Waals surface area contributed by atoms with Crippen LogP contribution in [0.2, 0.25) is 0 Å². The van der Waals surface area contributed by atoms with Gasteiger partial charge in [0.15, 0.2) is 5.96 Å². The van der Waals surface area contributed by atoms with Crippen molar-refractivity contribution in [1.29, 1.82) is 0 Å². The summed E-state index contributed by atoms with van der Waals surface area (Å²) in [5.41, 5.74) is 1.11. The third-order valence-electron chi connectivity index (χ3n) is 1.80. The quantitative estimate of drug-likeness (QED) is 0.771. The molecule has 1 aliphatic rings. The first kappa shape index (κ1) is 8.80. The maximum absolute atomic E-state index is 4.26. The van der Waals surface area contributed by atoms with Gasteiger partial charge in [-0.25, -0.2) is 0 Å². The van der Waals surface area contributed by atoms with Crippen molar-refractivity contribution in [1.82, 2.24) is 5.32 Å². The lowest BCUT2D eigenvalue weighted by Crippen LogP contribution is -2.26. The first-order valence-electron chi connectivity index (χ1n) is 4.16. The number of halogens is 1. The number of anilines is 1. The predicted molar refractivity (Wildman–Crippen MR) is 63.1 cm³/mol. The van der Waals surface area contributed by atoms with Gasteiger partial charge in [0, 0.05) is 10.1 Å². The Kier molecular flexibility index (Phi) is 2.68. The fraction of sp³-hybridized carbons (Fsp3) is 0.222. The van der Waals surface area contributed by atoms with E-state index >= 15 is 0 Å². The zero-order valence-corrected chi connectivity index (χ0v) is 9.21. The zero-order valence-electron chi connectivity index (χ0n) is 7.05. The first-order chi connectivity index (χ1) is 6.36. The van der Waals surface area contributed by atoms with E-state index < -0.39 is 0 Å². The molecule has 0 fully saturated rings. The lowest BCUT2D eigenvalue weighted by Gasteiger charge is -2.07. The Labute approximate surface area is 90.8 Å². The van der Waals surface area contributed by atoms with Gasteiger partial charge in [-0.1, -0.05) is 12.1 Å². The number of aliphatic imine (C=N–C) groups is 1. The average Bonchev–Trinajstić information content (AvgIpc) is 2.61. The van der Waals surface area contributed by atoms with Crippen molar-refractivity contribution in [3.05, 3.63) is 27.8 Å². The Morgan fingerprint density at radius 2 is 2.23 bits per heavy atom. The number of nitrogens with zero attached hydrogens (tertiary/aromatic N) is 1. The monoisotopic (exact) mass is 287 g/mol. The van der Waals surface area contributed by atoms with Crippen LogP contribution in [0.5, 0.6) is 0 Å². The van der Waals surface area contributed by atoms with Crippen LogP contribution in [-0.2, 0) is 0 Å². The van der Waals surface area contributed by atoms with Gasteiger partial charge in [0.05, 0.1) is 12.2 Å². The Hall–Kier alpha value is -0.780. The third kappa shape index (κ3) is 2.12. The molecule has 0 bridgehead atoms. The molecule has 0 radical (unpaired) electrons. The Balaban J connectivity index is 2.13. The van der Waals surface area contributed by atoms with Crippen LogP contribution in [0.3, 0.4) is 0 Å². The van der Waals surface area contributed by atoms with Crippen molar-refractivity contribution in [3.63, 3.8) is 0 Å². The van der Waals surface area contributed by atoms with E-state index in [0.29, 0.717) is 0 Å². The summed E-state index contributed by atoms with van der Waals surface area (Å²) >= 11 is 2.30. The van der Waals surface area contributed by atoms with E-state index in [4.69, 9.17) is 0 Å². The molecule has 1 aromatic rings. The summed E-state index contributed by atoms with van der Waals surface area (Å²) in [4.78, 5) is 4.26. The molecule has 13 heavy (non-hydrogen) atoms. The summed E-state index contributed by atoms with van der Waals surface area (Å²) in [6, 6.07) is 8.15. The van der Waals surface area contributed by atoms with Gasteiger partial charge in [0.2, 0.25) is 0 Å². The van der Waals surface area contributed by atoms with Crippen molar-refractivity contribution in [2.45, 2.75) is 0 Å². The highest BCUT2D eigenvalue weighted by atomic mass is 127. The molecule has 0 aromatic heterocycles. The molecule has 2 N–H and O–H groups in total. The number of guanidine groups is 1. The summed E-state index contributed by atoms with van der Waals surface area (Å²) < 4.78 is 1.21. The SMILES string of the molecule is Ic1ccccc1NC1=NCCN1. The molecule has 0 aliphatic carbocycles. The maximum atomic E-state index is 4.26. The van der Waals surface area contributed by atoms with E-state index in [1.54, 1.807) is 0 Å². The summed E-state index contributed by atoms with van der Waals surface area (Å²) in [6.45, 7) is 1.80. The predicted octanol–water partition coefficient (Wildman–Crippen LogP) is 1.66. The van der Waals surface area contributed by atoms with Gasteiger partial charge in [-0.05, 0) is 34.7 Å². The molecule has 4 heteroatoms. The Bertz CT molecular complexity index is 335. The number of benzene rings is 1. The van der Waals surface area contributed by atoms with Crippen molar-refractivity contribution in [2.24, 2.45) is 4.99 Å². The number of nitrogens with one attached hydrogen (secondary N) is 2. The standard InChI is InChI=1S/C9H10IN3/c10-7-3-1-2-4-8(7)13-9-11-5-6-12-9/h1-4H,5-6H2,(H2,11,12,13). The van der Waals surface area contributed by atoms with Crippen LogP contribution in [0.4, 0.5) is 5.69 Å². The topological polar surface area (TPSA) is 36.4 Å². The minimum atomic E-state index is 0.867. The lowest BCUT2D eigenvalue weighted by molar-refractivity contribution is 0.959. The lowest BCUT2D eigenvalue weighted by atomic mass is 10.3. The molecule has 0 saturated heterocycles. The molecule has 1 aromatic carbocycles. The second-order valence-corrected chi connectivity index (χ2v) is 3.92. The van der Waals surface area contributed by atoms with Gasteiger partial charge in [-0.15, -0.1) is 0 Å². The van der Waals surface area contributed by atoms with Gasteiger partial charge >= 0.3 is 0 Å². The van der Waals surface area contributed by atoms with Gasteiger partial charge in [0.25, 0.3) is 0 Å². The second kappa shape index (κ2) is 3.95. The number of hydrogen-bond acceptors (Lipinski definition) is 3. The fourth-order valence-corrected chi connectivity index (χ4v) is 1.69. The molecule has 68 valence electrons. The zero-order chi connectivity index (χ0) is 9.10. The van der Waals surface area contributed by atoms with Crippen LogP contribution >= 0.6 is 22.6 Å². The van der Waals surface area contributed by atoms with Gasteiger partial charge < -0.3 is 10.6 Å². The average molecular weight is 287 g/mol. The van der Waals surface area contributed by atoms with Crippen LogP contribution in [0.1, 0.15) is 0 Å². The highest BCUT2D eigenvalue weighted by molar-refractivity contribution is 14.1. The first-order valence-corrected chi connectivity index (χ1v) is 5.24. The number of para-hydroxylation sites is 1. The van der Waals surface area contributed by atoms with Gasteiger partial charge in [-0.3, -0.25) is 4.99 Å². The molecule has 0 unspecified atom stereocenters. The summed E-state index contributed by atoms with van der Waals surface area (Å²) in [7, 11) is 0. The molecule has 2 rings (SSSR count). The van der Waals surface area contributed by atoms with E-state index in [0.717, 1.165) is 24.7 Å². The normalized spacial score (nSPS) is 15.0. The molecule has 0 amide bonds. The van der Waals surface area contributed by atoms with Gasteiger partial charge in [-0.2, -0.15) is 0 Å². The molecule has 1 heterocycles. The van der Waals surface area contributed by atoms with E-state index in [-0.39, 0.29) is 0 Å². The second-order valence-electron chi connectivity index (χ2n) is 2.76. The van der Waals surface area contributed by atoms with Crippen LogP contribution in [0.15, 0.2) is 29.3 Å². The van der Waals surface area contributed by atoms with Crippen molar-refractivity contribution in [3.8, 4) is 0 Å². The smallest absolute Gasteiger partial charge is 0.195 e. The molecule has 0 atom stereocenters. The van der Waals surface area contributed by atoms with Gasteiger partial charge in [0.1, 0.15) is 0 Å². The summed E-state index contributed by atoms with van der Waals surface area (Å²) in [5, 5.41) is 6.41. The minimum Gasteiger partial charge on any atom is -0.354 e. The van der Waals surface area contributed by atoms with Crippen LogP contribution in [-0.4, -0.2) is 19.0 Å². The number of rotatable bonds is 1. The molecular weight excluding hydrogens is 277 g/mol. The van der Waals surface area contributed by atoms with E-state index in [1.807, 2.05) is 18.2 Å². The Morgan fingerprint density at radius 1 is 1.38 bits per heavy atom. The van der Waals surface area contributed by atoms with Crippen LogP contribution < -0.4 is 10.6 Å². The van der Waals surface area contributed by atoms with E-state index in [1.165, 1.54) is 3.57 Å². The van der Waals surface area contributed by atoms with Crippen molar-refractivity contribution >= 4 is 34.2 Å². The van der Waals surface area contributed by atoms with Crippen molar-refractivity contribution < 1.29 is 0 Å². The fourth-order valence-electron chi connectivity index (χ4n) is 1.17. The highest BCUT2D eigenvalue weighted by Gasteiger charge is 2.05.